The number of aromatic nitrogens is 1. The Morgan fingerprint density at radius 1 is 1.56 bits per heavy atom. The molecule has 1 amide bonds. The molecule has 0 bridgehead atoms. The van der Waals surface area contributed by atoms with Gasteiger partial charge in [-0.1, -0.05) is 0 Å². The molecule has 8 heteroatoms. The number of ether oxygens (including phenoxy) is 1. The van der Waals surface area contributed by atoms with Gasteiger partial charge in [-0.15, -0.1) is 0 Å². The lowest BCUT2D eigenvalue weighted by Gasteiger charge is -2.11. The van der Waals surface area contributed by atoms with Crippen molar-refractivity contribution < 1.29 is 27.8 Å². The lowest BCUT2D eigenvalue weighted by atomic mass is 10.3. The van der Waals surface area contributed by atoms with Crippen molar-refractivity contribution in [3.8, 4) is 5.75 Å². The molecule has 0 unspecified atom stereocenters. The predicted molar refractivity (Wildman–Crippen MR) is 47.4 cm³/mol. The first-order valence-corrected chi connectivity index (χ1v) is 3.95. The molecule has 0 saturated heterocycles. The molecule has 0 spiro atoms. The van der Waals surface area contributed by atoms with Crippen molar-refractivity contribution in [2.24, 2.45) is 0 Å². The number of halogens is 3. The van der Waals surface area contributed by atoms with Crippen LogP contribution in [0.2, 0.25) is 0 Å². The molecule has 1 heterocycles. The van der Waals surface area contributed by atoms with Gasteiger partial charge in [0.2, 0.25) is 0 Å². The topological polar surface area (TPSA) is 71.5 Å². The molecule has 0 aliphatic heterocycles. The van der Waals surface area contributed by atoms with Crippen molar-refractivity contribution in [1.29, 1.82) is 0 Å². The van der Waals surface area contributed by atoms with Crippen LogP contribution >= 0.6 is 0 Å². The van der Waals surface area contributed by atoms with E-state index in [4.69, 9.17) is 5.11 Å². The first-order chi connectivity index (χ1) is 7.34. The van der Waals surface area contributed by atoms with Gasteiger partial charge < -0.3 is 9.84 Å². The lowest BCUT2D eigenvalue weighted by molar-refractivity contribution is -0.141. The van der Waals surface area contributed by atoms with E-state index in [1.165, 1.54) is 7.11 Å². The molecule has 0 atom stereocenters. The van der Waals surface area contributed by atoms with Gasteiger partial charge in [-0.3, -0.25) is 5.32 Å². The molecular weight excluding hydrogens is 229 g/mol. The van der Waals surface area contributed by atoms with Crippen LogP contribution in [0.1, 0.15) is 5.69 Å². The predicted octanol–water partition coefficient (Wildman–Crippen LogP) is 2.20. The maximum Gasteiger partial charge on any atom is 0.433 e. The minimum Gasteiger partial charge on any atom is -0.493 e. The number of methoxy groups -OCH3 is 1. The van der Waals surface area contributed by atoms with Gasteiger partial charge in [0.05, 0.1) is 19.0 Å². The van der Waals surface area contributed by atoms with Crippen LogP contribution in [0.3, 0.4) is 0 Å². The number of amides is 1. The van der Waals surface area contributed by atoms with Gasteiger partial charge in [-0.25, -0.2) is 9.78 Å². The number of anilines is 1. The molecular formula is C8H7F3N2O3. The number of hydrogen-bond donors (Lipinski definition) is 2. The van der Waals surface area contributed by atoms with Crippen molar-refractivity contribution in [3.63, 3.8) is 0 Å². The molecule has 0 saturated carbocycles. The second-order valence-electron chi connectivity index (χ2n) is 2.70. The Labute approximate surface area is 87.9 Å². The Morgan fingerprint density at radius 2 is 2.19 bits per heavy atom. The number of pyridine rings is 1. The molecule has 1 rings (SSSR count). The van der Waals surface area contributed by atoms with Crippen LogP contribution in [0.15, 0.2) is 12.3 Å². The van der Waals surface area contributed by atoms with Gasteiger partial charge in [0.25, 0.3) is 0 Å². The van der Waals surface area contributed by atoms with E-state index in [0.717, 1.165) is 6.20 Å². The summed E-state index contributed by atoms with van der Waals surface area (Å²) >= 11 is 0. The van der Waals surface area contributed by atoms with Crippen molar-refractivity contribution in [3.05, 3.63) is 18.0 Å². The minimum atomic E-state index is -4.64. The second-order valence-corrected chi connectivity index (χ2v) is 2.70. The summed E-state index contributed by atoms with van der Waals surface area (Å²) in [6.45, 7) is 0. The average Bonchev–Trinajstić information content (AvgIpc) is 2.15. The third kappa shape index (κ3) is 2.75. The molecule has 5 nitrogen and oxygen atoms in total. The van der Waals surface area contributed by atoms with Crippen LogP contribution in [-0.2, 0) is 6.18 Å². The van der Waals surface area contributed by atoms with Gasteiger partial charge in [0.1, 0.15) is 5.69 Å². The summed E-state index contributed by atoms with van der Waals surface area (Å²) in [5.41, 5.74) is -1.51. The number of carboxylic acid groups (broad SMARTS) is 1. The fourth-order valence-electron chi connectivity index (χ4n) is 0.973. The summed E-state index contributed by atoms with van der Waals surface area (Å²) in [4.78, 5) is 13.4. The lowest BCUT2D eigenvalue weighted by Crippen LogP contribution is -2.12. The van der Waals surface area contributed by atoms with Gasteiger partial charge in [0.15, 0.2) is 5.75 Å². The Morgan fingerprint density at radius 3 is 2.62 bits per heavy atom. The molecule has 0 fully saturated rings. The first-order valence-electron chi connectivity index (χ1n) is 3.95. The molecule has 88 valence electrons. The molecule has 1 aromatic rings. The van der Waals surface area contributed by atoms with Crippen LogP contribution < -0.4 is 10.1 Å². The Bertz CT molecular complexity index is 406. The molecule has 0 radical (unpaired) electrons. The standard InChI is InChI=1S/C8H7F3N2O3/c1-16-5-3-12-6(8(9,10)11)2-4(5)13-7(14)15/h2-3H,1H3,(H,12,13)(H,14,15). The Kier molecular flexibility index (Phi) is 3.21. The van der Waals surface area contributed by atoms with Gasteiger partial charge in [-0.2, -0.15) is 13.2 Å². The van der Waals surface area contributed by atoms with Crippen LogP contribution in [0.5, 0.6) is 5.75 Å². The Hall–Kier alpha value is -1.99. The molecule has 0 aliphatic carbocycles. The molecule has 0 aliphatic rings. The summed E-state index contributed by atoms with van der Waals surface area (Å²) in [7, 11) is 1.19. The van der Waals surface area contributed by atoms with Gasteiger partial charge in [-0.05, 0) is 6.07 Å². The van der Waals surface area contributed by atoms with E-state index in [0.29, 0.717) is 6.07 Å². The molecule has 1 aromatic heterocycles. The average molecular weight is 236 g/mol. The number of hydrogen-bond acceptors (Lipinski definition) is 3. The fraction of sp³-hybridized carbons (Fsp3) is 0.250. The summed E-state index contributed by atoms with van der Waals surface area (Å²) in [6.07, 6.45) is -5.33. The summed E-state index contributed by atoms with van der Waals surface area (Å²) in [6, 6.07) is 0.562. The fourth-order valence-corrected chi connectivity index (χ4v) is 0.973. The van der Waals surface area contributed by atoms with Crippen molar-refractivity contribution >= 4 is 11.8 Å². The third-order valence-corrected chi connectivity index (χ3v) is 1.62. The third-order valence-electron chi connectivity index (χ3n) is 1.62. The van der Waals surface area contributed by atoms with E-state index < -0.39 is 18.0 Å². The van der Waals surface area contributed by atoms with Crippen LogP contribution in [0.25, 0.3) is 0 Å². The number of carbonyl (C=O) groups is 1. The normalized spacial score (nSPS) is 11.0. The molecule has 2 N–H and O–H groups in total. The molecule has 16 heavy (non-hydrogen) atoms. The van der Waals surface area contributed by atoms with E-state index >= 15 is 0 Å². The van der Waals surface area contributed by atoms with E-state index in [9.17, 15) is 18.0 Å². The van der Waals surface area contributed by atoms with Crippen molar-refractivity contribution in [2.75, 3.05) is 12.4 Å². The maximum absolute atomic E-state index is 12.3. The van der Waals surface area contributed by atoms with Crippen molar-refractivity contribution in [2.45, 2.75) is 6.18 Å². The highest BCUT2D eigenvalue weighted by atomic mass is 19.4. The summed E-state index contributed by atoms with van der Waals surface area (Å²) in [5.74, 6) is -0.0876. The Balaban J connectivity index is 3.16. The minimum absolute atomic E-state index is 0.0876. The maximum atomic E-state index is 12.3. The van der Waals surface area contributed by atoms with E-state index in [-0.39, 0.29) is 11.4 Å². The highest BCUT2D eigenvalue weighted by Crippen LogP contribution is 2.32. The van der Waals surface area contributed by atoms with E-state index in [1.54, 1.807) is 5.32 Å². The monoisotopic (exact) mass is 236 g/mol. The largest absolute Gasteiger partial charge is 0.493 e. The first kappa shape index (κ1) is 12.1. The summed E-state index contributed by atoms with van der Waals surface area (Å²) < 4.78 is 41.4. The number of alkyl halides is 3. The highest BCUT2D eigenvalue weighted by molar-refractivity contribution is 5.85. The van der Waals surface area contributed by atoms with Crippen LogP contribution in [-0.4, -0.2) is 23.3 Å². The highest BCUT2D eigenvalue weighted by Gasteiger charge is 2.33. The zero-order valence-electron chi connectivity index (χ0n) is 8.00. The van der Waals surface area contributed by atoms with Gasteiger partial charge >= 0.3 is 12.3 Å². The smallest absolute Gasteiger partial charge is 0.433 e. The number of rotatable bonds is 2. The SMILES string of the molecule is COc1cnc(C(F)(F)F)cc1NC(=O)O. The van der Waals surface area contributed by atoms with E-state index in [1.807, 2.05) is 0 Å². The number of nitrogens with zero attached hydrogens (tertiary/aromatic N) is 1. The van der Waals surface area contributed by atoms with Crippen LogP contribution in [0.4, 0.5) is 23.7 Å². The molecule has 0 aromatic carbocycles. The van der Waals surface area contributed by atoms with E-state index in [2.05, 4.69) is 9.72 Å². The van der Waals surface area contributed by atoms with Crippen molar-refractivity contribution in [1.82, 2.24) is 4.98 Å². The zero-order chi connectivity index (χ0) is 12.3. The quantitative estimate of drug-likeness (QED) is 0.825. The van der Waals surface area contributed by atoms with Gasteiger partial charge in [0, 0.05) is 0 Å². The summed E-state index contributed by atoms with van der Waals surface area (Å²) in [5, 5.41) is 10.2. The second kappa shape index (κ2) is 4.25. The number of nitrogens with one attached hydrogen (secondary N) is 1. The van der Waals surface area contributed by atoms with Crippen LogP contribution in [0, 0.1) is 0 Å². The zero-order valence-corrected chi connectivity index (χ0v) is 8.00.